The van der Waals surface area contributed by atoms with Crippen molar-refractivity contribution in [1.82, 2.24) is 4.90 Å². The Labute approximate surface area is 165 Å². The number of carbonyl (C=O) groups is 1. The molecule has 28 heavy (non-hydrogen) atoms. The van der Waals surface area contributed by atoms with Crippen molar-refractivity contribution in [2.75, 3.05) is 24.9 Å². The summed E-state index contributed by atoms with van der Waals surface area (Å²) >= 11 is 0. The average molecular weight is 408 g/mol. The van der Waals surface area contributed by atoms with E-state index in [0.717, 1.165) is 25.0 Å². The van der Waals surface area contributed by atoms with Gasteiger partial charge >= 0.3 is 0 Å². The molecule has 1 amide bonds. The predicted octanol–water partition coefficient (Wildman–Crippen LogP) is 3.90. The van der Waals surface area contributed by atoms with E-state index in [1.165, 1.54) is 25.3 Å². The number of sulfonamides is 1. The summed E-state index contributed by atoms with van der Waals surface area (Å²) in [6, 6.07) is 9.58. The third-order valence-electron chi connectivity index (χ3n) is 4.08. The van der Waals surface area contributed by atoms with Crippen LogP contribution in [-0.2, 0) is 10.0 Å². The molecule has 2 rings (SSSR count). The van der Waals surface area contributed by atoms with Crippen molar-refractivity contribution < 1.29 is 22.3 Å². The van der Waals surface area contributed by atoms with Crippen LogP contribution >= 0.6 is 0 Å². The highest BCUT2D eigenvalue weighted by atomic mass is 32.2. The van der Waals surface area contributed by atoms with Crippen LogP contribution in [0.25, 0.3) is 0 Å². The number of halogens is 1. The molecule has 152 valence electrons. The quantitative estimate of drug-likeness (QED) is 0.683. The van der Waals surface area contributed by atoms with Crippen molar-refractivity contribution >= 4 is 21.6 Å². The van der Waals surface area contributed by atoms with Crippen molar-refractivity contribution in [1.29, 1.82) is 0 Å². The molecule has 0 fully saturated rings. The van der Waals surface area contributed by atoms with Crippen LogP contribution < -0.4 is 9.46 Å². The lowest BCUT2D eigenvalue weighted by atomic mass is 10.2. The van der Waals surface area contributed by atoms with E-state index < -0.39 is 20.7 Å². The van der Waals surface area contributed by atoms with Crippen LogP contribution in [0.15, 0.2) is 47.4 Å². The normalized spacial score (nSPS) is 11.1. The van der Waals surface area contributed by atoms with E-state index in [1.54, 1.807) is 17.0 Å². The smallest absolute Gasteiger partial charge is 0.264 e. The maximum Gasteiger partial charge on any atom is 0.264 e. The number of benzene rings is 2. The number of hydrogen-bond donors (Lipinski definition) is 1. The lowest BCUT2D eigenvalue weighted by Gasteiger charge is -2.22. The molecule has 2 aromatic rings. The molecule has 6 nitrogen and oxygen atoms in total. The monoisotopic (exact) mass is 408 g/mol. The number of ether oxygens (including phenoxy) is 1. The molecule has 0 aliphatic heterocycles. The van der Waals surface area contributed by atoms with Gasteiger partial charge in [0, 0.05) is 24.3 Å². The lowest BCUT2D eigenvalue weighted by Crippen LogP contribution is -2.32. The van der Waals surface area contributed by atoms with E-state index in [1.807, 2.05) is 13.8 Å². The summed E-state index contributed by atoms with van der Waals surface area (Å²) in [7, 11) is -2.71. The fraction of sp³-hybridized carbons (Fsp3) is 0.350. The highest BCUT2D eigenvalue weighted by molar-refractivity contribution is 7.92. The van der Waals surface area contributed by atoms with Crippen molar-refractivity contribution in [3.63, 3.8) is 0 Å². The summed E-state index contributed by atoms with van der Waals surface area (Å²) in [4.78, 5) is 13.8. The van der Waals surface area contributed by atoms with E-state index in [9.17, 15) is 17.6 Å². The van der Waals surface area contributed by atoms with E-state index >= 15 is 0 Å². The van der Waals surface area contributed by atoms with E-state index in [-0.39, 0.29) is 17.2 Å². The van der Waals surface area contributed by atoms with Gasteiger partial charge in [0.1, 0.15) is 16.5 Å². The van der Waals surface area contributed by atoms with Crippen LogP contribution in [0.1, 0.15) is 37.0 Å². The van der Waals surface area contributed by atoms with E-state index in [0.29, 0.717) is 18.8 Å². The molecule has 0 spiro atoms. The molecule has 0 radical (unpaired) electrons. The van der Waals surface area contributed by atoms with Gasteiger partial charge in [-0.3, -0.25) is 9.52 Å². The van der Waals surface area contributed by atoms with Gasteiger partial charge in [-0.25, -0.2) is 12.8 Å². The largest absolute Gasteiger partial charge is 0.497 e. The Hall–Kier alpha value is -2.61. The Balaban J connectivity index is 2.33. The van der Waals surface area contributed by atoms with Gasteiger partial charge in [-0.05, 0) is 55.3 Å². The summed E-state index contributed by atoms with van der Waals surface area (Å²) in [6.45, 7) is 5.01. The van der Waals surface area contributed by atoms with Crippen LogP contribution in [0.4, 0.5) is 10.1 Å². The summed E-state index contributed by atoms with van der Waals surface area (Å²) in [5.41, 5.74) is 0.397. The number of nitrogens with one attached hydrogen (secondary N) is 1. The topological polar surface area (TPSA) is 75.7 Å². The molecule has 0 atom stereocenters. The zero-order chi connectivity index (χ0) is 20.7. The Kier molecular flexibility index (Phi) is 7.39. The summed E-state index contributed by atoms with van der Waals surface area (Å²) in [5.74, 6) is -0.673. The van der Waals surface area contributed by atoms with Crippen molar-refractivity contribution in [2.24, 2.45) is 0 Å². The third kappa shape index (κ3) is 5.22. The Bertz CT molecular complexity index is 908. The zero-order valence-corrected chi connectivity index (χ0v) is 17.1. The van der Waals surface area contributed by atoms with Crippen molar-refractivity contribution in [2.45, 2.75) is 31.6 Å². The SMILES string of the molecule is CCCN(CCC)C(=O)c1ccc(F)c(S(=O)(=O)Nc2ccc(OC)cc2)c1. The minimum atomic E-state index is -4.21. The number of carbonyl (C=O) groups excluding carboxylic acids is 1. The van der Waals surface area contributed by atoms with Gasteiger partial charge in [0.15, 0.2) is 0 Å². The van der Waals surface area contributed by atoms with Crippen LogP contribution in [0.5, 0.6) is 5.75 Å². The number of methoxy groups -OCH3 is 1. The molecule has 0 saturated heterocycles. The number of amides is 1. The average Bonchev–Trinajstić information content (AvgIpc) is 2.68. The highest BCUT2D eigenvalue weighted by Gasteiger charge is 2.23. The summed E-state index contributed by atoms with van der Waals surface area (Å²) < 4.78 is 47.0. The number of anilines is 1. The van der Waals surface area contributed by atoms with Crippen LogP contribution in [0.3, 0.4) is 0 Å². The molecule has 8 heteroatoms. The zero-order valence-electron chi connectivity index (χ0n) is 16.2. The second kappa shape index (κ2) is 9.54. The van der Waals surface area contributed by atoms with Crippen LogP contribution in [0.2, 0.25) is 0 Å². The molecule has 0 aliphatic rings. The first-order valence-corrected chi connectivity index (χ1v) is 10.6. The molecule has 0 unspecified atom stereocenters. The molecule has 0 heterocycles. The molecule has 0 bridgehead atoms. The lowest BCUT2D eigenvalue weighted by molar-refractivity contribution is 0.0755. The third-order valence-corrected chi connectivity index (χ3v) is 5.48. The first-order chi connectivity index (χ1) is 13.3. The van der Waals surface area contributed by atoms with Gasteiger partial charge in [0.2, 0.25) is 0 Å². The Morgan fingerprint density at radius 1 is 1.07 bits per heavy atom. The minimum absolute atomic E-state index is 0.137. The molecule has 1 N–H and O–H groups in total. The predicted molar refractivity (Wildman–Crippen MR) is 107 cm³/mol. The standard InChI is InChI=1S/C20H25FN2O4S/c1-4-12-23(13-5-2)20(24)15-6-11-18(21)19(14-15)28(25,26)22-16-7-9-17(27-3)10-8-16/h6-11,14,22H,4-5,12-13H2,1-3H3. The number of nitrogens with zero attached hydrogens (tertiary/aromatic N) is 1. The van der Waals surface area contributed by atoms with Gasteiger partial charge in [0.25, 0.3) is 15.9 Å². The van der Waals surface area contributed by atoms with Gasteiger partial charge in [-0.1, -0.05) is 13.8 Å². The first kappa shape index (κ1) is 21.7. The molecular formula is C20H25FN2O4S. The fourth-order valence-corrected chi connectivity index (χ4v) is 3.91. The first-order valence-electron chi connectivity index (χ1n) is 9.08. The van der Waals surface area contributed by atoms with Gasteiger partial charge in [-0.15, -0.1) is 0 Å². The molecular weight excluding hydrogens is 383 g/mol. The van der Waals surface area contributed by atoms with Crippen molar-refractivity contribution in [3.05, 3.63) is 53.8 Å². The van der Waals surface area contributed by atoms with E-state index in [4.69, 9.17) is 4.74 Å². The highest BCUT2D eigenvalue weighted by Crippen LogP contribution is 2.22. The van der Waals surface area contributed by atoms with Gasteiger partial charge in [0.05, 0.1) is 7.11 Å². The van der Waals surface area contributed by atoms with E-state index in [2.05, 4.69) is 4.72 Å². The van der Waals surface area contributed by atoms with Crippen molar-refractivity contribution in [3.8, 4) is 5.75 Å². The van der Waals surface area contributed by atoms with Gasteiger partial charge < -0.3 is 9.64 Å². The van der Waals surface area contributed by atoms with Crippen LogP contribution in [-0.4, -0.2) is 39.4 Å². The summed E-state index contributed by atoms with van der Waals surface area (Å²) in [6.07, 6.45) is 1.55. The molecule has 0 saturated carbocycles. The minimum Gasteiger partial charge on any atom is -0.497 e. The maximum absolute atomic E-state index is 14.3. The van der Waals surface area contributed by atoms with Gasteiger partial charge in [-0.2, -0.15) is 0 Å². The number of hydrogen-bond acceptors (Lipinski definition) is 4. The molecule has 0 aliphatic carbocycles. The Morgan fingerprint density at radius 2 is 1.68 bits per heavy atom. The second-order valence-corrected chi connectivity index (χ2v) is 7.92. The summed E-state index contributed by atoms with van der Waals surface area (Å²) in [5, 5.41) is 0. The molecule has 2 aromatic carbocycles. The maximum atomic E-state index is 14.3. The molecule has 0 aromatic heterocycles. The Morgan fingerprint density at radius 3 is 2.21 bits per heavy atom. The van der Waals surface area contributed by atoms with Crippen LogP contribution in [0, 0.1) is 5.82 Å². The second-order valence-electron chi connectivity index (χ2n) is 6.27. The number of rotatable bonds is 9. The fourth-order valence-electron chi connectivity index (χ4n) is 2.75.